The van der Waals surface area contributed by atoms with Gasteiger partial charge in [0.1, 0.15) is 34.3 Å². The first-order valence-corrected chi connectivity index (χ1v) is 10.0. The van der Waals surface area contributed by atoms with E-state index in [1.165, 1.54) is 0 Å². The highest BCUT2D eigenvalue weighted by molar-refractivity contribution is 6.30. The second-order valence-electron chi connectivity index (χ2n) is 7.56. The minimum Gasteiger partial charge on any atom is -0.497 e. The quantitative estimate of drug-likeness (QED) is 0.538. The van der Waals surface area contributed by atoms with Crippen LogP contribution >= 0.6 is 0 Å². The maximum atomic E-state index is 13.8. The number of Topliss-reactive ketones (excluding diaryl/α,β-unsaturated/α-hetero) is 1. The summed E-state index contributed by atoms with van der Waals surface area (Å²) in [5, 5.41) is 13.0. The van der Waals surface area contributed by atoms with Crippen molar-refractivity contribution >= 4 is 28.1 Å². The van der Waals surface area contributed by atoms with Gasteiger partial charge in [-0.3, -0.25) is 4.79 Å². The first-order valence-electron chi connectivity index (χ1n) is 10.0. The van der Waals surface area contributed by atoms with Gasteiger partial charge in [0, 0.05) is 38.3 Å². The number of ketones is 1. The Morgan fingerprint density at radius 3 is 2.42 bits per heavy atom. The van der Waals surface area contributed by atoms with E-state index in [0.717, 1.165) is 11.0 Å². The number of rotatable bonds is 7. The largest absolute Gasteiger partial charge is 0.497 e. The zero-order valence-electron chi connectivity index (χ0n) is 18.0. The van der Waals surface area contributed by atoms with Crippen molar-refractivity contribution in [3.8, 4) is 11.5 Å². The number of carbonyl (C=O) groups is 1. The van der Waals surface area contributed by atoms with Gasteiger partial charge >= 0.3 is 0 Å². The topological polar surface area (TPSA) is 99.7 Å². The molecule has 1 aromatic heterocycles. The summed E-state index contributed by atoms with van der Waals surface area (Å²) < 4.78 is 10.9. The molecule has 0 spiro atoms. The predicted molar refractivity (Wildman–Crippen MR) is 119 cm³/mol. The Morgan fingerprint density at radius 1 is 1.16 bits per heavy atom. The molecule has 0 aliphatic carbocycles. The molecule has 0 saturated heterocycles. The van der Waals surface area contributed by atoms with Crippen LogP contribution in [0.1, 0.15) is 19.2 Å². The van der Waals surface area contributed by atoms with Crippen molar-refractivity contribution in [1.82, 2.24) is 15.3 Å². The fraction of sp³-hybridized carbons (Fsp3) is 0.304. The number of nitrogens with one attached hydrogen (secondary N) is 2. The summed E-state index contributed by atoms with van der Waals surface area (Å²) in [7, 11) is 4.92. The number of benzene rings is 2. The first kappa shape index (κ1) is 20.7. The second kappa shape index (κ2) is 7.96. The Kier molecular flexibility index (Phi) is 5.32. The highest BCUT2D eigenvalue weighted by Crippen LogP contribution is 2.44. The van der Waals surface area contributed by atoms with Gasteiger partial charge in [-0.05, 0) is 19.1 Å². The number of carbonyl (C=O) groups excluding carboxylic acids is 1. The molecular formula is C23H26N4O4. The number of anilines is 1. The van der Waals surface area contributed by atoms with Gasteiger partial charge in [0.05, 0.1) is 30.9 Å². The summed E-state index contributed by atoms with van der Waals surface area (Å²) in [6.45, 7) is 1.68. The average Bonchev–Trinajstić information content (AvgIpc) is 3.30. The van der Waals surface area contributed by atoms with Gasteiger partial charge in [-0.15, -0.1) is 0 Å². The Balaban J connectivity index is 1.95. The fourth-order valence-electron chi connectivity index (χ4n) is 4.14. The summed E-state index contributed by atoms with van der Waals surface area (Å²) >= 11 is 0. The van der Waals surface area contributed by atoms with Gasteiger partial charge in [-0.25, -0.2) is 4.98 Å². The molecule has 8 nitrogen and oxygen atoms in total. The first-order chi connectivity index (χ1) is 15.0. The number of aromatic amines is 1. The molecule has 1 aliphatic rings. The molecule has 0 fully saturated rings. The summed E-state index contributed by atoms with van der Waals surface area (Å²) in [6.07, 6.45) is 0.236. The van der Waals surface area contributed by atoms with E-state index >= 15 is 0 Å². The molecule has 31 heavy (non-hydrogen) atoms. The minimum absolute atomic E-state index is 0.133. The number of fused-ring (bicyclic) bond motifs is 1. The minimum atomic E-state index is -1.03. The lowest BCUT2D eigenvalue weighted by atomic mass is 9.90. The molecule has 1 aliphatic heterocycles. The van der Waals surface area contributed by atoms with Gasteiger partial charge in [0.2, 0.25) is 0 Å². The van der Waals surface area contributed by atoms with E-state index < -0.39 is 5.54 Å². The number of aliphatic hydroxyl groups is 1. The van der Waals surface area contributed by atoms with Crippen molar-refractivity contribution in [2.75, 3.05) is 32.8 Å². The van der Waals surface area contributed by atoms with Crippen molar-refractivity contribution in [1.29, 1.82) is 0 Å². The van der Waals surface area contributed by atoms with Gasteiger partial charge < -0.3 is 29.8 Å². The van der Waals surface area contributed by atoms with Crippen molar-refractivity contribution in [3.63, 3.8) is 0 Å². The zero-order valence-corrected chi connectivity index (χ0v) is 18.0. The van der Waals surface area contributed by atoms with E-state index in [2.05, 4.69) is 15.3 Å². The molecule has 162 valence electrons. The second-order valence-corrected chi connectivity index (χ2v) is 7.56. The van der Waals surface area contributed by atoms with E-state index in [0.29, 0.717) is 34.4 Å². The molecule has 2 aromatic carbocycles. The van der Waals surface area contributed by atoms with Crippen molar-refractivity contribution in [2.24, 2.45) is 0 Å². The summed E-state index contributed by atoms with van der Waals surface area (Å²) in [4.78, 5) is 23.6. The van der Waals surface area contributed by atoms with Crippen LogP contribution in [0.25, 0.3) is 16.6 Å². The third-order valence-corrected chi connectivity index (χ3v) is 5.73. The highest BCUT2D eigenvalue weighted by atomic mass is 16.5. The molecule has 1 atom stereocenters. The number of H-pyrrole nitrogens is 1. The van der Waals surface area contributed by atoms with Crippen LogP contribution in [-0.2, 0) is 4.79 Å². The number of ether oxygens (including phenoxy) is 2. The molecule has 8 heteroatoms. The van der Waals surface area contributed by atoms with Crippen LogP contribution in [0.2, 0.25) is 0 Å². The number of nitrogens with zero attached hydrogens (tertiary/aromatic N) is 2. The lowest BCUT2D eigenvalue weighted by Gasteiger charge is -2.37. The van der Waals surface area contributed by atoms with E-state index in [4.69, 9.17) is 9.47 Å². The number of para-hydroxylation sites is 2. The van der Waals surface area contributed by atoms with Gasteiger partial charge in [0.15, 0.2) is 5.78 Å². The van der Waals surface area contributed by atoms with E-state index in [-0.39, 0.29) is 18.8 Å². The van der Waals surface area contributed by atoms with Crippen LogP contribution < -0.4 is 19.7 Å². The van der Waals surface area contributed by atoms with Crippen LogP contribution in [0.15, 0.2) is 48.3 Å². The normalized spacial score (nSPS) is 18.7. The number of aliphatic hydroxyl groups excluding tert-OH is 1. The van der Waals surface area contributed by atoms with E-state index in [1.807, 2.05) is 48.2 Å². The van der Waals surface area contributed by atoms with Gasteiger partial charge in [0.25, 0.3) is 0 Å². The summed E-state index contributed by atoms with van der Waals surface area (Å²) in [5.74, 6) is 2.14. The van der Waals surface area contributed by atoms with E-state index in [9.17, 15) is 9.90 Å². The molecule has 0 saturated carbocycles. The third kappa shape index (κ3) is 3.29. The van der Waals surface area contributed by atoms with Crippen molar-refractivity contribution in [2.45, 2.75) is 18.9 Å². The Bertz CT molecular complexity index is 1110. The van der Waals surface area contributed by atoms with E-state index in [1.54, 1.807) is 27.3 Å². The molecule has 3 N–H and O–H groups in total. The van der Waals surface area contributed by atoms with Crippen molar-refractivity contribution < 1.29 is 19.4 Å². The monoisotopic (exact) mass is 422 g/mol. The van der Waals surface area contributed by atoms with Gasteiger partial charge in [-0.1, -0.05) is 12.1 Å². The Morgan fingerprint density at radius 2 is 1.84 bits per heavy atom. The lowest BCUT2D eigenvalue weighted by Crippen LogP contribution is -2.49. The molecular weight excluding hydrogens is 396 g/mol. The van der Waals surface area contributed by atoms with Crippen LogP contribution in [0.4, 0.5) is 5.69 Å². The molecule has 1 unspecified atom stereocenters. The lowest BCUT2D eigenvalue weighted by molar-refractivity contribution is -0.117. The SMILES string of the molecule is CNC1=C(c2nc3ccccc3[nH]2)C(=O)C(C)(CCO)N1c1cc(OC)cc(OC)c1. The predicted octanol–water partition coefficient (Wildman–Crippen LogP) is 2.70. The number of methoxy groups -OCH3 is 2. The van der Waals surface area contributed by atoms with Crippen LogP contribution in [0, 0.1) is 0 Å². The molecule has 2 heterocycles. The maximum absolute atomic E-state index is 13.8. The maximum Gasteiger partial charge on any atom is 0.195 e. The standard InChI is InChI=1S/C23H26N4O4/c1-23(9-10-28)20(29)19(21-25-17-7-5-6-8-18(17)26-21)22(24-2)27(23)14-11-15(30-3)13-16(12-14)31-4/h5-8,11-13,24,28H,9-10H2,1-4H3,(H,25,26). The average molecular weight is 422 g/mol. The molecule has 4 rings (SSSR count). The fourth-order valence-corrected chi connectivity index (χ4v) is 4.14. The smallest absolute Gasteiger partial charge is 0.195 e. The highest BCUT2D eigenvalue weighted by Gasteiger charge is 2.51. The summed E-state index contributed by atoms with van der Waals surface area (Å²) in [6, 6.07) is 13.1. The van der Waals surface area contributed by atoms with Crippen LogP contribution in [0.3, 0.4) is 0 Å². The third-order valence-electron chi connectivity index (χ3n) is 5.73. The van der Waals surface area contributed by atoms with Crippen LogP contribution in [-0.4, -0.2) is 54.3 Å². The molecule has 0 radical (unpaired) electrons. The number of imidazole rings is 1. The molecule has 0 amide bonds. The summed E-state index contributed by atoms with van der Waals surface area (Å²) in [5.41, 5.74) is 1.74. The number of aromatic nitrogens is 2. The Labute approximate surface area is 180 Å². The Hall–Kier alpha value is -3.52. The number of hydrogen-bond donors (Lipinski definition) is 3. The molecule has 0 bridgehead atoms. The molecule has 3 aromatic rings. The van der Waals surface area contributed by atoms with Crippen molar-refractivity contribution in [3.05, 3.63) is 54.1 Å². The zero-order chi connectivity index (χ0) is 22.2. The van der Waals surface area contributed by atoms with Gasteiger partial charge in [-0.2, -0.15) is 0 Å². The number of hydrogen-bond acceptors (Lipinski definition) is 7. The van der Waals surface area contributed by atoms with Crippen LogP contribution in [0.5, 0.6) is 11.5 Å².